The summed E-state index contributed by atoms with van der Waals surface area (Å²) in [6.07, 6.45) is 0.139. The Kier molecular flexibility index (Phi) is 5.63. The van der Waals surface area contributed by atoms with Crippen molar-refractivity contribution in [1.29, 1.82) is 0 Å². The molecular weight excluding hydrogens is 397 g/mol. The number of nitrogens with zero attached hydrogens (tertiary/aromatic N) is 3. The predicted molar refractivity (Wildman–Crippen MR) is 94.7 cm³/mol. The third kappa shape index (κ3) is 4.47. The van der Waals surface area contributed by atoms with Gasteiger partial charge in [-0.1, -0.05) is 0 Å². The second-order valence-electron chi connectivity index (χ2n) is 5.74. The number of fused-ring (bicyclic) bond motifs is 1. The van der Waals surface area contributed by atoms with Crippen molar-refractivity contribution in [2.45, 2.75) is 25.7 Å². The van der Waals surface area contributed by atoms with E-state index in [1.807, 2.05) is 0 Å². The molecule has 7 nitrogen and oxygen atoms in total. The first-order valence-corrected chi connectivity index (χ1v) is 9.00. The van der Waals surface area contributed by atoms with Gasteiger partial charge in [-0.05, 0) is 25.1 Å². The molecular formula is C17H15F3N4O3S. The molecule has 11 heteroatoms. The number of amides is 1. The summed E-state index contributed by atoms with van der Waals surface area (Å²) in [5.41, 5.74) is -0.550. The van der Waals surface area contributed by atoms with Crippen LogP contribution in [0.1, 0.15) is 22.3 Å². The standard InChI is InChI=1S/C17H15F3N4O3S/c1-2-27-16(26)12(8-24-6-5-21-9-24)22-14(25)15-23-11-4-3-10(17(18,19)20)7-13(11)28-15/h3-7,9,12H,2,8H2,1H3,(H,22,25). The largest absolute Gasteiger partial charge is 0.464 e. The highest BCUT2D eigenvalue weighted by molar-refractivity contribution is 7.20. The summed E-state index contributed by atoms with van der Waals surface area (Å²) in [6.45, 7) is 1.87. The van der Waals surface area contributed by atoms with Crippen LogP contribution in [0.15, 0.2) is 36.9 Å². The molecule has 0 aliphatic rings. The van der Waals surface area contributed by atoms with Crippen molar-refractivity contribution in [1.82, 2.24) is 19.9 Å². The second-order valence-corrected chi connectivity index (χ2v) is 6.77. The molecule has 0 aliphatic carbocycles. The van der Waals surface area contributed by atoms with Crippen molar-refractivity contribution >= 4 is 33.4 Å². The number of carbonyl (C=O) groups is 2. The molecule has 1 unspecified atom stereocenters. The number of thiazole rings is 1. The van der Waals surface area contributed by atoms with E-state index in [-0.39, 0.29) is 28.4 Å². The average Bonchev–Trinajstić information content (AvgIpc) is 3.29. The van der Waals surface area contributed by atoms with Crippen LogP contribution in [0.4, 0.5) is 13.2 Å². The number of aromatic nitrogens is 3. The van der Waals surface area contributed by atoms with Gasteiger partial charge in [0, 0.05) is 12.4 Å². The van der Waals surface area contributed by atoms with E-state index in [0.717, 1.165) is 23.5 Å². The molecule has 1 aromatic carbocycles. The number of rotatable bonds is 6. The molecule has 0 fully saturated rings. The Labute approximate surface area is 161 Å². The fourth-order valence-corrected chi connectivity index (χ4v) is 3.35. The lowest BCUT2D eigenvalue weighted by Gasteiger charge is -2.17. The number of hydrogen-bond acceptors (Lipinski definition) is 6. The summed E-state index contributed by atoms with van der Waals surface area (Å²) in [6, 6.07) is 2.06. The highest BCUT2D eigenvalue weighted by atomic mass is 32.1. The molecule has 3 rings (SSSR count). The zero-order valence-corrected chi connectivity index (χ0v) is 15.4. The van der Waals surface area contributed by atoms with Gasteiger partial charge < -0.3 is 14.6 Å². The smallest absolute Gasteiger partial charge is 0.416 e. The molecule has 0 bridgehead atoms. The lowest BCUT2D eigenvalue weighted by molar-refractivity contribution is -0.145. The summed E-state index contributed by atoms with van der Waals surface area (Å²) in [5.74, 6) is -1.31. The van der Waals surface area contributed by atoms with Gasteiger partial charge in [-0.2, -0.15) is 13.2 Å². The van der Waals surface area contributed by atoms with Gasteiger partial charge in [-0.3, -0.25) is 4.79 Å². The molecule has 0 radical (unpaired) electrons. The predicted octanol–water partition coefficient (Wildman–Crippen LogP) is 2.87. The number of carbonyl (C=O) groups excluding carboxylic acids is 2. The summed E-state index contributed by atoms with van der Waals surface area (Å²) >= 11 is 0.816. The SMILES string of the molecule is CCOC(=O)C(Cn1ccnc1)NC(=O)c1nc2ccc(C(F)(F)F)cc2s1. The molecule has 0 aliphatic heterocycles. The highest BCUT2D eigenvalue weighted by Gasteiger charge is 2.31. The average molecular weight is 412 g/mol. The summed E-state index contributed by atoms with van der Waals surface area (Å²) in [7, 11) is 0. The second kappa shape index (κ2) is 7.97. The lowest BCUT2D eigenvalue weighted by Crippen LogP contribution is -2.44. The first-order chi connectivity index (χ1) is 13.3. The van der Waals surface area contributed by atoms with Gasteiger partial charge in [0.05, 0.1) is 35.3 Å². The van der Waals surface area contributed by atoms with Crippen LogP contribution in [-0.2, 0) is 22.3 Å². The molecule has 0 saturated carbocycles. The van der Waals surface area contributed by atoms with Crippen LogP contribution in [-0.4, -0.2) is 39.1 Å². The fourth-order valence-electron chi connectivity index (χ4n) is 2.45. The van der Waals surface area contributed by atoms with Crippen LogP contribution in [0.25, 0.3) is 10.2 Å². The van der Waals surface area contributed by atoms with Crippen molar-refractivity contribution < 1.29 is 27.5 Å². The van der Waals surface area contributed by atoms with Gasteiger partial charge >= 0.3 is 12.1 Å². The van der Waals surface area contributed by atoms with E-state index in [2.05, 4.69) is 15.3 Å². The number of halogens is 3. The minimum Gasteiger partial charge on any atom is -0.464 e. The zero-order chi connectivity index (χ0) is 20.3. The Bertz CT molecular complexity index is 985. The minimum atomic E-state index is -4.49. The molecule has 28 heavy (non-hydrogen) atoms. The third-order valence-electron chi connectivity index (χ3n) is 3.74. The Morgan fingerprint density at radius 2 is 2.14 bits per heavy atom. The normalized spacial score (nSPS) is 12.7. The number of benzene rings is 1. The molecule has 148 valence electrons. The van der Waals surface area contributed by atoms with E-state index in [0.29, 0.717) is 0 Å². The monoisotopic (exact) mass is 412 g/mol. The topological polar surface area (TPSA) is 86.1 Å². The number of nitrogens with one attached hydrogen (secondary N) is 1. The molecule has 1 atom stereocenters. The molecule has 1 amide bonds. The van der Waals surface area contributed by atoms with Gasteiger partial charge in [0.15, 0.2) is 5.01 Å². The van der Waals surface area contributed by atoms with Crippen LogP contribution in [0.3, 0.4) is 0 Å². The van der Waals surface area contributed by atoms with Crippen molar-refractivity contribution in [3.05, 3.63) is 47.5 Å². The van der Waals surface area contributed by atoms with Crippen molar-refractivity contribution in [3.8, 4) is 0 Å². The number of ether oxygens (including phenoxy) is 1. The Hall–Kier alpha value is -2.95. The Balaban J connectivity index is 1.81. The zero-order valence-electron chi connectivity index (χ0n) is 14.6. The van der Waals surface area contributed by atoms with Gasteiger partial charge in [-0.15, -0.1) is 11.3 Å². The van der Waals surface area contributed by atoms with Crippen molar-refractivity contribution in [3.63, 3.8) is 0 Å². The number of imidazole rings is 1. The molecule has 2 aromatic heterocycles. The summed E-state index contributed by atoms with van der Waals surface area (Å²) < 4.78 is 45.3. The maximum absolute atomic E-state index is 12.8. The first kappa shape index (κ1) is 19.8. The molecule has 0 saturated heterocycles. The molecule has 1 N–H and O–H groups in total. The maximum atomic E-state index is 12.8. The molecule has 0 spiro atoms. The number of hydrogen-bond donors (Lipinski definition) is 1. The Morgan fingerprint density at radius 3 is 2.79 bits per heavy atom. The molecule has 2 heterocycles. The van der Waals surface area contributed by atoms with Gasteiger partial charge in [-0.25, -0.2) is 14.8 Å². The van der Waals surface area contributed by atoms with Crippen LogP contribution in [0.5, 0.6) is 0 Å². The van der Waals surface area contributed by atoms with E-state index >= 15 is 0 Å². The van der Waals surface area contributed by atoms with Crippen molar-refractivity contribution in [2.75, 3.05) is 6.61 Å². The number of esters is 1. The van der Waals surface area contributed by atoms with Crippen LogP contribution in [0, 0.1) is 0 Å². The minimum absolute atomic E-state index is 0.0470. The number of alkyl halides is 3. The van der Waals surface area contributed by atoms with E-state index in [1.165, 1.54) is 18.6 Å². The quantitative estimate of drug-likeness (QED) is 0.630. The third-order valence-corrected chi connectivity index (χ3v) is 4.76. The summed E-state index contributed by atoms with van der Waals surface area (Å²) in [5, 5.41) is 2.48. The van der Waals surface area contributed by atoms with E-state index in [1.54, 1.807) is 17.7 Å². The van der Waals surface area contributed by atoms with E-state index in [4.69, 9.17) is 4.74 Å². The Morgan fingerprint density at radius 1 is 1.36 bits per heavy atom. The lowest BCUT2D eigenvalue weighted by atomic mass is 10.2. The molecule has 3 aromatic rings. The van der Waals surface area contributed by atoms with E-state index in [9.17, 15) is 22.8 Å². The van der Waals surface area contributed by atoms with Crippen LogP contribution < -0.4 is 5.32 Å². The van der Waals surface area contributed by atoms with Gasteiger partial charge in [0.2, 0.25) is 0 Å². The van der Waals surface area contributed by atoms with Crippen molar-refractivity contribution in [2.24, 2.45) is 0 Å². The maximum Gasteiger partial charge on any atom is 0.416 e. The summed E-state index contributed by atoms with van der Waals surface area (Å²) in [4.78, 5) is 32.6. The van der Waals surface area contributed by atoms with Crippen LogP contribution >= 0.6 is 11.3 Å². The van der Waals surface area contributed by atoms with Crippen LogP contribution in [0.2, 0.25) is 0 Å². The van der Waals surface area contributed by atoms with Gasteiger partial charge in [0.1, 0.15) is 6.04 Å². The fraction of sp³-hybridized carbons (Fsp3) is 0.294. The highest BCUT2D eigenvalue weighted by Crippen LogP contribution is 2.33. The first-order valence-electron chi connectivity index (χ1n) is 8.19. The van der Waals surface area contributed by atoms with Gasteiger partial charge in [0.25, 0.3) is 5.91 Å². The van der Waals surface area contributed by atoms with E-state index < -0.39 is 29.7 Å².